The Morgan fingerprint density at radius 2 is 2.08 bits per heavy atom. The molecule has 1 amide bonds. The third-order valence-electron chi connectivity index (χ3n) is 3.53. The summed E-state index contributed by atoms with van der Waals surface area (Å²) in [4.78, 5) is 21.6. The summed E-state index contributed by atoms with van der Waals surface area (Å²) in [6.45, 7) is 1.27. The highest BCUT2D eigenvalue weighted by atomic mass is 19.4. The minimum atomic E-state index is -4.48. The molecule has 0 aliphatic carbocycles. The average molecular weight is 368 g/mol. The van der Waals surface area contributed by atoms with Crippen molar-refractivity contribution < 1.29 is 18.0 Å². The molecule has 0 aliphatic rings. The van der Waals surface area contributed by atoms with E-state index in [0.717, 1.165) is 12.1 Å². The lowest BCUT2D eigenvalue weighted by molar-refractivity contribution is -0.137. The summed E-state index contributed by atoms with van der Waals surface area (Å²) in [5, 5.41) is 5.70. The van der Waals surface area contributed by atoms with Gasteiger partial charge in [-0.3, -0.25) is 4.79 Å². The zero-order chi connectivity index (χ0) is 19.3. The average Bonchev–Trinajstić information content (AvgIpc) is 2.59. The number of hydrogen-bond donors (Lipinski definition) is 3. The number of alkyl halides is 3. The third kappa shape index (κ3) is 4.82. The second-order valence-electron chi connectivity index (χ2n) is 5.53. The van der Waals surface area contributed by atoms with Gasteiger partial charge in [0.1, 0.15) is 11.4 Å². The molecule has 2 aromatic rings. The number of anilines is 3. The van der Waals surface area contributed by atoms with E-state index in [0.29, 0.717) is 19.0 Å². The van der Waals surface area contributed by atoms with Crippen molar-refractivity contribution in [3.63, 3.8) is 0 Å². The van der Waals surface area contributed by atoms with Crippen LogP contribution in [-0.2, 0) is 6.18 Å². The molecular weight excluding hydrogens is 349 g/mol. The standard InChI is InChI=1S/C16H19F3N6O/c1-21-6-7-25(2)15-22-9-12(13(20)26)14(24-15)23-11-5-3-4-10(8-11)16(17,18)19/h3-5,8-9,21H,6-7H2,1-2H3,(H2,20,26)(H,22,23,24). The summed E-state index contributed by atoms with van der Waals surface area (Å²) in [5.41, 5.74) is 4.60. The van der Waals surface area contributed by atoms with Crippen LogP contribution in [-0.4, -0.2) is 43.1 Å². The van der Waals surface area contributed by atoms with E-state index in [1.165, 1.54) is 18.3 Å². The number of benzene rings is 1. The molecule has 10 heteroatoms. The molecular formula is C16H19F3N6O. The summed E-state index contributed by atoms with van der Waals surface area (Å²) in [7, 11) is 3.55. The molecule has 0 saturated heterocycles. The van der Waals surface area contributed by atoms with E-state index >= 15 is 0 Å². The Bertz CT molecular complexity index is 781. The second kappa shape index (κ2) is 8.00. The zero-order valence-corrected chi connectivity index (χ0v) is 14.3. The van der Waals surface area contributed by atoms with Crippen molar-refractivity contribution in [3.05, 3.63) is 41.6 Å². The normalized spacial score (nSPS) is 11.3. The molecule has 4 N–H and O–H groups in total. The van der Waals surface area contributed by atoms with Gasteiger partial charge in [0, 0.05) is 32.0 Å². The number of carbonyl (C=O) groups excluding carboxylic acids is 1. The van der Waals surface area contributed by atoms with Crippen LogP contribution in [0.5, 0.6) is 0 Å². The first kappa shape index (κ1) is 19.4. The highest BCUT2D eigenvalue weighted by molar-refractivity contribution is 5.98. The molecule has 2 rings (SSSR count). The predicted octanol–water partition coefficient (Wildman–Crippen LogP) is 1.99. The van der Waals surface area contributed by atoms with Crippen LogP contribution in [0.1, 0.15) is 15.9 Å². The van der Waals surface area contributed by atoms with Crippen molar-refractivity contribution in [2.45, 2.75) is 6.18 Å². The van der Waals surface area contributed by atoms with Gasteiger partial charge in [-0.1, -0.05) is 6.07 Å². The number of rotatable bonds is 7. The Labute approximate surface area is 148 Å². The van der Waals surface area contributed by atoms with E-state index in [4.69, 9.17) is 5.73 Å². The van der Waals surface area contributed by atoms with Crippen molar-refractivity contribution >= 4 is 23.4 Å². The van der Waals surface area contributed by atoms with Crippen molar-refractivity contribution in [2.24, 2.45) is 5.73 Å². The van der Waals surface area contributed by atoms with E-state index in [-0.39, 0.29) is 17.1 Å². The van der Waals surface area contributed by atoms with E-state index in [2.05, 4.69) is 20.6 Å². The molecule has 0 fully saturated rings. The third-order valence-corrected chi connectivity index (χ3v) is 3.53. The van der Waals surface area contributed by atoms with Crippen LogP contribution in [0.2, 0.25) is 0 Å². The van der Waals surface area contributed by atoms with Crippen LogP contribution in [0.3, 0.4) is 0 Å². The number of nitrogens with two attached hydrogens (primary N) is 1. The minimum Gasteiger partial charge on any atom is -0.365 e. The van der Waals surface area contributed by atoms with Gasteiger partial charge < -0.3 is 21.3 Å². The number of aromatic nitrogens is 2. The summed E-state index contributed by atoms with van der Waals surface area (Å²) in [5.74, 6) is -0.443. The first-order valence-electron chi connectivity index (χ1n) is 7.69. The first-order valence-corrected chi connectivity index (χ1v) is 7.69. The van der Waals surface area contributed by atoms with Crippen molar-refractivity contribution in [3.8, 4) is 0 Å². The molecule has 0 unspecified atom stereocenters. The summed E-state index contributed by atoms with van der Waals surface area (Å²) < 4.78 is 38.6. The fraction of sp³-hybridized carbons (Fsp3) is 0.312. The SMILES string of the molecule is CNCCN(C)c1ncc(C(N)=O)c(Nc2cccc(C(F)(F)F)c2)n1. The molecule has 1 aromatic carbocycles. The Balaban J connectivity index is 2.36. The van der Waals surface area contributed by atoms with Gasteiger partial charge >= 0.3 is 6.18 Å². The molecule has 0 atom stereocenters. The fourth-order valence-electron chi connectivity index (χ4n) is 2.12. The number of primary amides is 1. The number of likely N-dealkylation sites (N-methyl/N-ethyl adjacent to an activating group) is 2. The van der Waals surface area contributed by atoms with Crippen LogP contribution in [0.15, 0.2) is 30.5 Å². The molecule has 0 aliphatic heterocycles. The molecule has 7 nitrogen and oxygen atoms in total. The molecule has 0 spiro atoms. The number of halogens is 3. The van der Waals surface area contributed by atoms with Gasteiger partial charge in [-0.25, -0.2) is 4.98 Å². The first-order chi connectivity index (χ1) is 12.2. The maximum absolute atomic E-state index is 12.9. The van der Waals surface area contributed by atoms with Gasteiger partial charge in [0.15, 0.2) is 0 Å². The lowest BCUT2D eigenvalue weighted by Crippen LogP contribution is -2.29. The molecule has 0 radical (unpaired) electrons. The quantitative estimate of drug-likeness (QED) is 0.692. The van der Waals surface area contributed by atoms with Crippen LogP contribution >= 0.6 is 0 Å². The highest BCUT2D eigenvalue weighted by Gasteiger charge is 2.30. The summed E-state index contributed by atoms with van der Waals surface area (Å²) in [6.07, 6.45) is -3.23. The fourth-order valence-corrected chi connectivity index (χ4v) is 2.12. The predicted molar refractivity (Wildman–Crippen MR) is 92.5 cm³/mol. The van der Waals surface area contributed by atoms with Gasteiger partial charge in [0.05, 0.1) is 5.56 Å². The van der Waals surface area contributed by atoms with Gasteiger partial charge in [0.2, 0.25) is 5.95 Å². The van der Waals surface area contributed by atoms with Crippen LogP contribution < -0.4 is 21.3 Å². The van der Waals surface area contributed by atoms with Crippen molar-refractivity contribution in [2.75, 3.05) is 37.4 Å². The topological polar surface area (TPSA) is 96.2 Å². The lowest BCUT2D eigenvalue weighted by atomic mass is 10.2. The van der Waals surface area contributed by atoms with Gasteiger partial charge in [-0.05, 0) is 25.2 Å². The van der Waals surface area contributed by atoms with Gasteiger partial charge in [-0.2, -0.15) is 18.2 Å². The molecule has 140 valence electrons. The molecule has 1 aromatic heterocycles. The van der Waals surface area contributed by atoms with Crippen LogP contribution in [0.25, 0.3) is 0 Å². The molecule has 0 bridgehead atoms. The van der Waals surface area contributed by atoms with Crippen molar-refractivity contribution in [1.82, 2.24) is 15.3 Å². The molecule has 0 saturated carbocycles. The number of nitrogens with one attached hydrogen (secondary N) is 2. The van der Waals surface area contributed by atoms with Crippen LogP contribution in [0, 0.1) is 0 Å². The maximum Gasteiger partial charge on any atom is 0.416 e. The largest absolute Gasteiger partial charge is 0.416 e. The second-order valence-corrected chi connectivity index (χ2v) is 5.53. The van der Waals surface area contributed by atoms with E-state index in [9.17, 15) is 18.0 Å². The minimum absolute atomic E-state index is 0.0202. The van der Waals surface area contributed by atoms with E-state index in [1.54, 1.807) is 19.0 Å². The Morgan fingerprint density at radius 3 is 2.69 bits per heavy atom. The Kier molecular flexibility index (Phi) is 5.98. The monoisotopic (exact) mass is 368 g/mol. The summed E-state index contributed by atoms with van der Waals surface area (Å²) in [6, 6.07) is 4.58. The van der Waals surface area contributed by atoms with E-state index in [1.807, 2.05) is 0 Å². The van der Waals surface area contributed by atoms with Gasteiger partial charge in [-0.15, -0.1) is 0 Å². The van der Waals surface area contributed by atoms with E-state index < -0.39 is 17.6 Å². The number of amides is 1. The summed E-state index contributed by atoms with van der Waals surface area (Å²) >= 11 is 0. The van der Waals surface area contributed by atoms with Crippen molar-refractivity contribution in [1.29, 1.82) is 0 Å². The smallest absolute Gasteiger partial charge is 0.365 e. The lowest BCUT2D eigenvalue weighted by Gasteiger charge is -2.18. The van der Waals surface area contributed by atoms with Gasteiger partial charge in [0.25, 0.3) is 5.91 Å². The maximum atomic E-state index is 12.9. The Morgan fingerprint density at radius 1 is 1.35 bits per heavy atom. The number of hydrogen-bond acceptors (Lipinski definition) is 6. The highest BCUT2D eigenvalue weighted by Crippen LogP contribution is 2.31. The number of carbonyl (C=O) groups is 1. The zero-order valence-electron chi connectivity index (χ0n) is 14.3. The Hall–Kier alpha value is -2.88. The molecule has 1 heterocycles. The number of nitrogens with zero attached hydrogens (tertiary/aromatic N) is 3. The molecule has 26 heavy (non-hydrogen) atoms. The van der Waals surface area contributed by atoms with Crippen LogP contribution in [0.4, 0.5) is 30.6 Å².